The first-order valence-electron chi connectivity index (χ1n) is 8.71. The fraction of sp³-hybridized carbons (Fsp3) is 0.200. The Balaban J connectivity index is 1.63. The highest BCUT2D eigenvalue weighted by atomic mass is 16.3. The third-order valence-electron chi connectivity index (χ3n) is 4.69. The molecule has 0 saturated carbocycles. The van der Waals surface area contributed by atoms with E-state index in [0.29, 0.717) is 28.6 Å². The van der Waals surface area contributed by atoms with Crippen molar-refractivity contribution in [1.29, 1.82) is 0 Å². The molecule has 4 rings (SSSR count). The summed E-state index contributed by atoms with van der Waals surface area (Å²) in [6.45, 7) is 1.88. The molecule has 0 spiro atoms. The fourth-order valence-corrected chi connectivity index (χ4v) is 3.00. The van der Waals surface area contributed by atoms with Gasteiger partial charge in [0.1, 0.15) is 5.75 Å². The van der Waals surface area contributed by atoms with Crippen molar-refractivity contribution in [3.63, 3.8) is 0 Å². The van der Waals surface area contributed by atoms with Gasteiger partial charge in [-0.1, -0.05) is 6.07 Å². The summed E-state index contributed by atoms with van der Waals surface area (Å²) in [6, 6.07) is 11.1. The van der Waals surface area contributed by atoms with E-state index in [2.05, 4.69) is 25.5 Å². The Morgan fingerprint density at radius 3 is 2.63 bits per heavy atom. The summed E-state index contributed by atoms with van der Waals surface area (Å²) in [7, 11) is 1.69. The van der Waals surface area contributed by atoms with Gasteiger partial charge in [0, 0.05) is 49.0 Å². The zero-order valence-corrected chi connectivity index (χ0v) is 14.9. The predicted octanol–water partition coefficient (Wildman–Crippen LogP) is 2.23. The summed E-state index contributed by atoms with van der Waals surface area (Å²) < 4.78 is 0. The molecular formula is C20H20N6O. The molecule has 0 radical (unpaired) electrons. The van der Waals surface area contributed by atoms with E-state index in [1.165, 1.54) is 0 Å². The average Bonchev–Trinajstić information content (AvgIpc) is 2.63. The van der Waals surface area contributed by atoms with E-state index in [9.17, 15) is 5.11 Å². The number of nitrogens with two attached hydrogens (primary N) is 1. The molecule has 3 aromatic rings. The molecule has 2 aromatic heterocycles. The molecule has 0 bridgehead atoms. The van der Waals surface area contributed by atoms with Gasteiger partial charge in [-0.25, -0.2) is 0 Å². The second-order valence-electron chi connectivity index (χ2n) is 6.52. The summed E-state index contributed by atoms with van der Waals surface area (Å²) in [5.41, 5.74) is 11.0. The summed E-state index contributed by atoms with van der Waals surface area (Å²) in [6.07, 6.45) is 3.28. The number of hydrogen-bond donors (Lipinski definition) is 3. The lowest BCUT2D eigenvalue weighted by molar-refractivity contribution is 0.436. The van der Waals surface area contributed by atoms with E-state index in [0.717, 1.165) is 29.9 Å². The van der Waals surface area contributed by atoms with E-state index in [1.54, 1.807) is 25.5 Å². The zero-order chi connectivity index (χ0) is 18.8. The monoisotopic (exact) mass is 360 g/mol. The van der Waals surface area contributed by atoms with E-state index in [1.807, 2.05) is 30.3 Å². The van der Waals surface area contributed by atoms with Gasteiger partial charge in [-0.3, -0.25) is 9.98 Å². The van der Waals surface area contributed by atoms with Gasteiger partial charge >= 0.3 is 0 Å². The number of nitrogen functional groups attached to an aromatic ring is 1. The van der Waals surface area contributed by atoms with Gasteiger partial charge in [-0.05, 0) is 30.3 Å². The van der Waals surface area contributed by atoms with Crippen LogP contribution in [-0.2, 0) is 0 Å². The quantitative estimate of drug-likeness (QED) is 0.616. The van der Waals surface area contributed by atoms with Crippen LogP contribution in [0.3, 0.4) is 0 Å². The molecule has 0 atom stereocenters. The van der Waals surface area contributed by atoms with Crippen molar-refractivity contribution < 1.29 is 5.11 Å². The van der Waals surface area contributed by atoms with Gasteiger partial charge in [0.15, 0.2) is 0 Å². The van der Waals surface area contributed by atoms with Crippen LogP contribution in [0.1, 0.15) is 17.2 Å². The third kappa shape index (κ3) is 3.37. The molecule has 0 unspecified atom stereocenters. The number of pyridine rings is 1. The van der Waals surface area contributed by atoms with Gasteiger partial charge in [0.2, 0.25) is 0 Å². The topological polar surface area (TPSA) is 109 Å². The number of rotatable bonds is 4. The molecular weight excluding hydrogens is 340 g/mol. The molecule has 1 aliphatic rings. The maximum atomic E-state index is 10.5. The van der Waals surface area contributed by atoms with Crippen LogP contribution in [0.5, 0.6) is 5.75 Å². The first kappa shape index (κ1) is 17.1. The first-order valence-corrected chi connectivity index (χ1v) is 8.71. The number of aliphatic imine (C=N–C) groups is 1. The van der Waals surface area contributed by atoms with Crippen LogP contribution in [0.15, 0.2) is 47.6 Å². The Labute approximate surface area is 157 Å². The van der Waals surface area contributed by atoms with Crippen LogP contribution in [0, 0.1) is 0 Å². The number of phenols is 1. The van der Waals surface area contributed by atoms with E-state index in [4.69, 9.17) is 5.73 Å². The van der Waals surface area contributed by atoms with Crippen molar-refractivity contribution in [2.75, 3.05) is 25.9 Å². The standard InChI is InChI=1S/C20H20N6O/c1-22-8-13-6-19(24-11-16(13)21)12-2-3-15(20(27)7-12)18-5-4-17(25-26-18)14-9-23-10-14/h2-8,11,14,23,27H,9-10,21H2,1H3. The Morgan fingerprint density at radius 1 is 1.15 bits per heavy atom. The highest BCUT2D eigenvalue weighted by Crippen LogP contribution is 2.32. The van der Waals surface area contributed by atoms with Crippen molar-refractivity contribution >= 4 is 11.9 Å². The van der Waals surface area contributed by atoms with Crippen molar-refractivity contribution in [2.45, 2.75) is 5.92 Å². The fourth-order valence-electron chi connectivity index (χ4n) is 3.00. The molecule has 1 aromatic carbocycles. The van der Waals surface area contributed by atoms with E-state index in [-0.39, 0.29) is 5.75 Å². The van der Waals surface area contributed by atoms with Gasteiger partial charge in [-0.2, -0.15) is 10.2 Å². The first-order chi connectivity index (χ1) is 13.2. The molecule has 4 N–H and O–H groups in total. The Bertz CT molecular complexity index is 996. The molecule has 1 fully saturated rings. The van der Waals surface area contributed by atoms with Crippen molar-refractivity contribution in [3.05, 3.63) is 53.9 Å². The summed E-state index contributed by atoms with van der Waals surface area (Å²) >= 11 is 0. The number of aromatic hydroxyl groups is 1. The van der Waals surface area contributed by atoms with Crippen molar-refractivity contribution in [1.82, 2.24) is 20.5 Å². The third-order valence-corrected chi connectivity index (χ3v) is 4.69. The minimum Gasteiger partial charge on any atom is -0.507 e. The second-order valence-corrected chi connectivity index (χ2v) is 6.52. The number of aromatic nitrogens is 3. The summed E-state index contributed by atoms with van der Waals surface area (Å²) in [5, 5.41) is 22.3. The lowest BCUT2D eigenvalue weighted by atomic mass is 9.98. The van der Waals surface area contributed by atoms with Gasteiger partial charge in [-0.15, -0.1) is 0 Å². The van der Waals surface area contributed by atoms with E-state index < -0.39 is 0 Å². The Kier molecular flexibility index (Phi) is 4.52. The zero-order valence-electron chi connectivity index (χ0n) is 14.9. The summed E-state index contributed by atoms with van der Waals surface area (Å²) in [4.78, 5) is 8.35. The number of nitrogens with zero attached hydrogens (tertiary/aromatic N) is 4. The highest BCUT2D eigenvalue weighted by Gasteiger charge is 2.20. The maximum Gasteiger partial charge on any atom is 0.125 e. The molecule has 3 heterocycles. The van der Waals surface area contributed by atoms with Crippen molar-refractivity contribution in [2.24, 2.45) is 4.99 Å². The van der Waals surface area contributed by atoms with Gasteiger partial charge < -0.3 is 16.2 Å². The normalized spacial score (nSPS) is 14.4. The molecule has 7 heteroatoms. The number of hydrogen-bond acceptors (Lipinski definition) is 7. The molecule has 1 aliphatic heterocycles. The van der Waals surface area contributed by atoms with Crippen LogP contribution < -0.4 is 11.1 Å². The number of benzene rings is 1. The molecule has 7 nitrogen and oxygen atoms in total. The van der Waals surface area contributed by atoms with Gasteiger partial charge in [0.05, 0.1) is 29.0 Å². The number of nitrogens with one attached hydrogen (secondary N) is 1. The SMILES string of the molecule is CN=Cc1cc(-c2ccc(-c3ccc(C4CNC4)nn3)c(O)c2)ncc1N. The molecule has 27 heavy (non-hydrogen) atoms. The highest BCUT2D eigenvalue weighted by molar-refractivity contribution is 5.88. The minimum absolute atomic E-state index is 0.129. The Hall–Kier alpha value is -3.32. The minimum atomic E-state index is 0.129. The van der Waals surface area contributed by atoms with Gasteiger partial charge in [0.25, 0.3) is 0 Å². The summed E-state index contributed by atoms with van der Waals surface area (Å²) in [5.74, 6) is 0.559. The number of anilines is 1. The Morgan fingerprint density at radius 2 is 2.00 bits per heavy atom. The largest absolute Gasteiger partial charge is 0.507 e. The predicted molar refractivity (Wildman–Crippen MR) is 106 cm³/mol. The average molecular weight is 360 g/mol. The van der Waals surface area contributed by atoms with Crippen LogP contribution in [0.4, 0.5) is 5.69 Å². The van der Waals surface area contributed by atoms with Crippen LogP contribution >= 0.6 is 0 Å². The lowest BCUT2D eigenvalue weighted by Crippen LogP contribution is -2.40. The lowest BCUT2D eigenvalue weighted by Gasteiger charge is -2.25. The van der Waals surface area contributed by atoms with Crippen LogP contribution in [0.2, 0.25) is 0 Å². The number of phenolic OH excluding ortho intramolecular Hbond substituents is 1. The second kappa shape index (κ2) is 7.13. The van der Waals surface area contributed by atoms with Crippen molar-refractivity contribution in [3.8, 4) is 28.3 Å². The van der Waals surface area contributed by atoms with Crippen LogP contribution in [-0.4, -0.2) is 46.6 Å². The van der Waals surface area contributed by atoms with E-state index >= 15 is 0 Å². The maximum absolute atomic E-state index is 10.5. The molecule has 136 valence electrons. The molecule has 0 aliphatic carbocycles. The molecule has 1 saturated heterocycles. The molecule has 0 amide bonds. The smallest absolute Gasteiger partial charge is 0.125 e. The van der Waals surface area contributed by atoms with Crippen LogP contribution in [0.25, 0.3) is 22.5 Å².